The van der Waals surface area contributed by atoms with Crippen LogP contribution in [0, 0.1) is 0 Å². The van der Waals surface area contributed by atoms with Crippen molar-refractivity contribution in [3.63, 3.8) is 0 Å². The van der Waals surface area contributed by atoms with Crippen LogP contribution in [-0.4, -0.2) is 46.9 Å². The molecule has 0 amide bonds. The molecule has 0 aliphatic carbocycles. The monoisotopic (exact) mass is 400 g/mol. The fraction of sp³-hybridized carbons (Fsp3) is 0.409. The Morgan fingerprint density at radius 2 is 1.59 bits per heavy atom. The average molecular weight is 401 g/mol. The number of ether oxygens (including phenoxy) is 3. The van der Waals surface area contributed by atoms with Gasteiger partial charge in [0.25, 0.3) is 0 Å². The minimum Gasteiger partial charge on any atom is -0.493 e. The van der Waals surface area contributed by atoms with E-state index in [0.717, 1.165) is 43.3 Å². The zero-order valence-electron chi connectivity index (χ0n) is 17.7. The van der Waals surface area contributed by atoms with Gasteiger partial charge >= 0.3 is 0 Å². The Hall–Kier alpha value is -3.09. The van der Waals surface area contributed by atoms with Crippen molar-refractivity contribution in [2.45, 2.75) is 19.9 Å². The van der Waals surface area contributed by atoms with Gasteiger partial charge in [0.1, 0.15) is 0 Å². The van der Waals surface area contributed by atoms with Crippen LogP contribution in [0.25, 0.3) is 0 Å². The first-order valence-electron chi connectivity index (χ1n) is 9.81. The van der Waals surface area contributed by atoms with Gasteiger partial charge in [-0.15, -0.1) is 0 Å². The molecule has 0 unspecified atom stereocenters. The van der Waals surface area contributed by atoms with E-state index in [0.29, 0.717) is 23.8 Å². The van der Waals surface area contributed by atoms with E-state index in [1.165, 1.54) is 0 Å². The van der Waals surface area contributed by atoms with E-state index in [4.69, 9.17) is 14.2 Å². The molecule has 0 saturated carbocycles. The number of anilines is 1. The number of nitrogens with zero attached hydrogens (tertiary/aromatic N) is 1. The quantitative estimate of drug-likeness (QED) is 0.305. The summed E-state index contributed by atoms with van der Waals surface area (Å²) >= 11 is 0. The molecule has 7 nitrogen and oxygen atoms in total. The minimum absolute atomic E-state index is 0.494. The van der Waals surface area contributed by atoms with Gasteiger partial charge in [-0.1, -0.05) is 18.2 Å². The third-order valence-corrected chi connectivity index (χ3v) is 4.24. The van der Waals surface area contributed by atoms with E-state index in [1.807, 2.05) is 37.3 Å². The summed E-state index contributed by atoms with van der Waals surface area (Å²) in [7, 11) is 4.82. The van der Waals surface area contributed by atoms with Gasteiger partial charge in [-0.3, -0.25) is 0 Å². The zero-order chi connectivity index (χ0) is 20.9. The molecular formula is C22H32N4O3. The van der Waals surface area contributed by atoms with Gasteiger partial charge in [0.2, 0.25) is 5.75 Å². The summed E-state index contributed by atoms with van der Waals surface area (Å²) in [6.45, 7) is 5.05. The van der Waals surface area contributed by atoms with E-state index in [-0.39, 0.29) is 0 Å². The number of methoxy groups -OCH3 is 3. The maximum atomic E-state index is 5.41. The zero-order valence-corrected chi connectivity index (χ0v) is 17.7. The first-order valence-corrected chi connectivity index (χ1v) is 9.81. The van der Waals surface area contributed by atoms with Crippen molar-refractivity contribution in [2.75, 3.05) is 46.3 Å². The van der Waals surface area contributed by atoms with Crippen LogP contribution in [0.5, 0.6) is 17.2 Å². The second kappa shape index (κ2) is 12.4. The Morgan fingerprint density at radius 3 is 2.17 bits per heavy atom. The first kappa shape index (κ1) is 22.2. The second-order valence-electron chi connectivity index (χ2n) is 6.30. The van der Waals surface area contributed by atoms with Crippen molar-refractivity contribution >= 4 is 11.6 Å². The van der Waals surface area contributed by atoms with Gasteiger partial charge in [0.15, 0.2) is 17.5 Å². The van der Waals surface area contributed by atoms with Gasteiger partial charge in [-0.2, -0.15) is 0 Å². The molecule has 0 atom stereocenters. The SMILES string of the molecule is CCNC(=NCc1cc(OC)c(OC)c(OC)c1)NCCCNc1ccccc1. The van der Waals surface area contributed by atoms with Crippen LogP contribution in [0.1, 0.15) is 18.9 Å². The van der Waals surface area contributed by atoms with Crippen molar-refractivity contribution in [2.24, 2.45) is 4.99 Å². The van der Waals surface area contributed by atoms with Crippen LogP contribution < -0.4 is 30.2 Å². The van der Waals surface area contributed by atoms with Crippen LogP contribution in [0.3, 0.4) is 0 Å². The molecular weight excluding hydrogens is 368 g/mol. The van der Waals surface area contributed by atoms with Gasteiger partial charge < -0.3 is 30.2 Å². The van der Waals surface area contributed by atoms with Crippen molar-refractivity contribution in [1.82, 2.24) is 10.6 Å². The molecule has 0 bridgehead atoms. The second-order valence-corrected chi connectivity index (χ2v) is 6.30. The van der Waals surface area contributed by atoms with Crippen LogP contribution in [0.15, 0.2) is 47.5 Å². The molecule has 0 aliphatic heterocycles. The number of hydrogen-bond acceptors (Lipinski definition) is 5. The molecule has 2 aromatic carbocycles. The van der Waals surface area contributed by atoms with Gasteiger partial charge in [0.05, 0.1) is 27.9 Å². The first-order chi connectivity index (χ1) is 14.2. The van der Waals surface area contributed by atoms with E-state index in [9.17, 15) is 0 Å². The Balaban J connectivity index is 1.91. The summed E-state index contributed by atoms with van der Waals surface area (Å²) in [4.78, 5) is 4.67. The molecule has 7 heteroatoms. The van der Waals surface area contributed by atoms with Crippen LogP contribution in [-0.2, 0) is 6.54 Å². The third-order valence-electron chi connectivity index (χ3n) is 4.24. The lowest BCUT2D eigenvalue weighted by atomic mass is 10.2. The minimum atomic E-state index is 0.494. The molecule has 3 N–H and O–H groups in total. The highest BCUT2D eigenvalue weighted by atomic mass is 16.5. The molecule has 2 rings (SSSR count). The number of para-hydroxylation sites is 1. The normalized spacial score (nSPS) is 11.0. The summed E-state index contributed by atoms with van der Waals surface area (Å²) < 4.78 is 16.2. The summed E-state index contributed by atoms with van der Waals surface area (Å²) in [6.07, 6.45) is 0.976. The highest BCUT2D eigenvalue weighted by molar-refractivity contribution is 5.79. The lowest BCUT2D eigenvalue weighted by Crippen LogP contribution is -2.38. The molecule has 0 radical (unpaired) electrons. The third kappa shape index (κ3) is 7.10. The number of hydrogen-bond donors (Lipinski definition) is 3. The van der Waals surface area contributed by atoms with Crippen molar-refractivity contribution in [1.29, 1.82) is 0 Å². The number of benzene rings is 2. The van der Waals surface area contributed by atoms with Crippen LogP contribution in [0.2, 0.25) is 0 Å². The molecule has 0 saturated heterocycles. The summed E-state index contributed by atoms with van der Waals surface area (Å²) in [5.41, 5.74) is 2.11. The predicted octanol–water partition coefficient (Wildman–Crippen LogP) is 3.27. The smallest absolute Gasteiger partial charge is 0.203 e. The van der Waals surface area contributed by atoms with E-state index in [2.05, 4.69) is 33.1 Å². The standard InChI is InChI=1S/C22H32N4O3/c1-5-23-22(25-13-9-12-24-18-10-7-6-8-11-18)26-16-17-14-19(27-2)21(29-4)20(15-17)28-3/h6-8,10-11,14-15,24H,5,9,12-13,16H2,1-4H3,(H2,23,25,26). The molecule has 0 aromatic heterocycles. The lowest BCUT2D eigenvalue weighted by molar-refractivity contribution is 0.324. The van der Waals surface area contributed by atoms with Gasteiger partial charge in [0, 0.05) is 25.3 Å². The summed E-state index contributed by atoms with van der Waals surface area (Å²) in [5.74, 6) is 2.61. The largest absolute Gasteiger partial charge is 0.493 e. The van der Waals surface area contributed by atoms with Gasteiger partial charge in [-0.25, -0.2) is 4.99 Å². The number of rotatable bonds is 11. The number of aliphatic imine (C=N–C) groups is 1. The van der Waals surface area contributed by atoms with Crippen molar-refractivity contribution in [3.8, 4) is 17.2 Å². The molecule has 0 spiro atoms. The summed E-state index contributed by atoms with van der Waals surface area (Å²) in [6, 6.07) is 14.0. The molecule has 158 valence electrons. The molecule has 2 aromatic rings. The molecule has 0 heterocycles. The average Bonchev–Trinajstić information content (AvgIpc) is 2.76. The fourth-order valence-corrected chi connectivity index (χ4v) is 2.82. The summed E-state index contributed by atoms with van der Waals surface area (Å²) in [5, 5.41) is 10.0. The topological polar surface area (TPSA) is 76.1 Å². The lowest BCUT2D eigenvalue weighted by Gasteiger charge is -2.14. The van der Waals surface area contributed by atoms with E-state index < -0.39 is 0 Å². The highest BCUT2D eigenvalue weighted by Crippen LogP contribution is 2.38. The Kier molecular flexibility index (Phi) is 9.48. The molecule has 29 heavy (non-hydrogen) atoms. The Morgan fingerprint density at radius 1 is 0.897 bits per heavy atom. The van der Waals surface area contributed by atoms with Crippen LogP contribution in [0.4, 0.5) is 5.69 Å². The number of nitrogens with one attached hydrogen (secondary N) is 3. The highest BCUT2D eigenvalue weighted by Gasteiger charge is 2.13. The van der Waals surface area contributed by atoms with Crippen molar-refractivity contribution < 1.29 is 14.2 Å². The van der Waals surface area contributed by atoms with Crippen LogP contribution >= 0.6 is 0 Å². The molecule has 0 aliphatic rings. The van der Waals surface area contributed by atoms with E-state index in [1.54, 1.807) is 21.3 Å². The van der Waals surface area contributed by atoms with Gasteiger partial charge in [-0.05, 0) is 43.2 Å². The predicted molar refractivity (Wildman–Crippen MR) is 118 cm³/mol. The van der Waals surface area contributed by atoms with Crippen molar-refractivity contribution in [3.05, 3.63) is 48.0 Å². The Labute approximate surface area is 173 Å². The maximum absolute atomic E-state index is 5.41. The van der Waals surface area contributed by atoms with E-state index >= 15 is 0 Å². The number of guanidine groups is 1. The molecule has 0 fully saturated rings. The maximum Gasteiger partial charge on any atom is 0.203 e. The Bertz CT molecular complexity index is 741. The fourth-order valence-electron chi connectivity index (χ4n) is 2.82.